The van der Waals surface area contributed by atoms with Crippen molar-refractivity contribution in [2.45, 2.75) is 45.0 Å². The predicted molar refractivity (Wildman–Crippen MR) is 128 cm³/mol. The summed E-state index contributed by atoms with van der Waals surface area (Å²) in [6.07, 6.45) is -6.52. The molecule has 2 aromatic carbocycles. The Balaban J connectivity index is 1.57. The summed E-state index contributed by atoms with van der Waals surface area (Å²) < 4.78 is 78.1. The summed E-state index contributed by atoms with van der Waals surface area (Å²) in [5.74, 6) is 0.154. The van der Waals surface area contributed by atoms with E-state index in [-0.39, 0.29) is 12.0 Å². The molecule has 37 heavy (non-hydrogen) atoms. The quantitative estimate of drug-likeness (QED) is 0.313. The van der Waals surface area contributed by atoms with Gasteiger partial charge in [0.15, 0.2) is 0 Å². The van der Waals surface area contributed by atoms with Gasteiger partial charge < -0.3 is 20.4 Å². The van der Waals surface area contributed by atoms with E-state index in [0.717, 1.165) is 24.9 Å². The Morgan fingerprint density at radius 1 is 0.784 bits per heavy atom. The van der Waals surface area contributed by atoms with Crippen molar-refractivity contribution < 1.29 is 35.9 Å². The maximum atomic E-state index is 13.0. The number of hydrogen-bond acceptors (Lipinski definition) is 3. The van der Waals surface area contributed by atoms with Gasteiger partial charge in [-0.05, 0) is 48.9 Å². The maximum Gasteiger partial charge on any atom is 0.416 e. The molecule has 0 radical (unpaired) electrons. The van der Waals surface area contributed by atoms with Crippen LogP contribution in [0.2, 0.25) is 0 Å². The summed E-state index contributed by atoms with van der Waals surface area (Å²) in [7, 11) is 0. The number of rotatable bonds is 7. The molecular weight excluding hydrogens is 502 g/mol. The molecule has 202 valence electrons. The van der Waals surface area contributed by atoms with E-state index in [9.17, 15) is 35.9 Å². The van der Waals surface area contributed by atoms with Crippen LogP contribution in [-0.2, 0) is 17.1 Å². The second kappa shape index (κ2) is 11.7. The van der Waals surface area contributed by atoms with Crippen molar-refractivity contribution in [1.82, 2.24) is 4.90 Å². The smallest absolute Gasteiger partial charge is 0.368 e. The average molecular weight is 531 g/mol. The zero-order valence-electron chi connectivity index (χ0n) is 20.2. The first-order valence-corrected chi connectivity index (χ1v) is 11.9. The zero-order valence-corrected chi connectivity index (χ0v) is 20.2. The average Bonchev–Trinajstić information content (AvgIpc) is 2.83. The summed E-state index contributed by atoms with van der Waals surface area (Å²) in [5.41, 5.74) is -2.53. The normalized spacial score (nSPS) is 14.5. The molecule has 0 unspecified atom stereocenters. The van der Waals surface area contributed by atoms with Gasteiger partial charge in [-0.25, -0.2) is 4.79 Å². The molecule has 0 atom stereocenters. The fraction of sp³-hybridized carbons (Fsp3) is 0.440. The standard InChI is InChI=1S/C25H28F6N4O2/c1-2-3-4-5-22(36)35-12-10-34(11-13-35)21-8-6-19(7-9-21)32-23(37)33-20-15-17(24(26,27)28)14-18(16-20)25(29,30)31/h6-9,14-16H,2-5,10-13H2,1H3,(H2,32,33,37). The Morgan fingerprint density at radius 2 is 1.32 bits per heavy atom. The van der Waals surface area contributed by atoms with E-state index in [1.807, 2.05) is 10.2 Å². The van der Waals surface area contributed by atoms with Crippen LogP contribution in [-0.4, -0.2) is 43.0 Å². The molecule has 1 fully saturated rings. The highest BCUT2D eigenvalue weighted by atomic mass is 19.4. The minimum absolute atomic E-state index is 0.00993. The summed E-state index contributed by atoms with van der Waals surface area (Å²) >= 11 is 0. The molecule has 1 aliphatic rings. The molecule has 2 aromatic rings. The number of anilines is 3. The Hall–Kier alpha value is -3.44. The molecule has 0 saturated carbocycles. The number of nitrogens with one attached hydrogen (secondary N) is 2. The van der Waals surface area contributed by atoms with Crippen LogP contribution in [0.3, 0.4) is 0 Å². The highest BCUT2D eigenvalue weighted by molar-refractivity contribution is 6.00. The highest BCUT2D eigenvalue weighted by Crippen LogP contribution is 2.37. The monoisotopic (exact) mass is 530 g/mol. The molecular formula is C25H28F6N4O2. The van der Waals surface area contributed by atoms with Crippen LogP contribution < -0.4 is 15.5 Å². The number of alkyl halides is 6. The Labute approximate surface area is 210 Å². The van der Waals surface area contributed by atoms with Crippen LogP contribution in [0.4, 0.5) is 48.2 Å². The molecule has 12 heteroatoms. The number of piperazine rings is 1. The molecule has 1 saturated heterocycles. The number of nitrogens with zero attached hydrogens (tertiary/aromatic N) is 2. The number of hydrogen-bond donors (Lipinski definition) is 2. The molecule has 6 nitrogen and oxygen atoms in total. The second-order valence-electron chi connectivity index (χ2n) is 8.75. The molecule has 1 aliphatic heterocycles. The van der Waals surface area contributed by atoms with E-state index < -0.39 is 35.2 Å². The van der Waals surface area contributed by atoms with Crippen LogP contribution in [0, 0.1) is 0 Å². The third-order valence-corrected chi connectivity index (χ3v) is 5.96. The van der Waals surface area contributed by atoms with Crippen molar-refractivity contribution >= 4 is 29.0 Å². The first-order valence-electron chi connectivity index (χ1n) is 11.9. The van der Waals surface area contributed by atoms with Crippen molar-refractivity contribution in [3.8, 4) is 0 Å². The topological polar surface area (TPSA) is 64.7 Å². The van der Waals surface area contributed by atoms with Gasteiger partial charge in [-0.1, -0.05) is 19.8 Å². The minimum atomic E-state index is -5.02. The van der Waals surface area contributed by atoms with Gasteiger partial charge in [0.2, 0.25) is 5.91 Å². The second-order valence-corrected chi connectivity index (χ2v) is 8.75. The summed E-state index contributed by atoms with van der Waals surface area (Å²) in [6.45, 7) is 4.57. The van der Waals surface area contributed by atoms with Crippen LogP contribution >= 0.6 is 0 Å². The zero-order chi connectivity index (χ0) is 27.2. The van der Waals surface area contributed by atoms with Gasteiger partial charge in [0.05, 0.1) is 11.1 Å². The lowest BCUT2D eigenvalue weighted by Gasteiger charge is -2.36. The number of benzene rings is 2. The number of unbranched alkanes of at least 4 members (excludes halogenated alkanes) is 2. The molecule has 3 amide bonds. The predicted octanol–water partition coefficient (Wildman–Crippen LogP) is 6.60. The van der Waals surface area contributed by atoms with Gasteiger partial charge in [0.1, 0.15) is 0 Å². The molecule has 0 aromatic heterocycles. The fourth-order valence-electron chi connectivity index (χ4n) is 3.97. The van der Waals surface area contributed by atoms with E-state index in [1.54, 1.807) is 24.3 Å². The number of urea groups is 1. The van der Waals surface area contributed by atoms with Crippen LogP contribution in [0.1, 0.15) is 43.7 Å². The van der Waals surface area contributed by atoms with Crippen molar-refractivity contribution in [2.24, 2.45) is 0 Å². The lowest BCUT2D eigenvalue weighted by Crippen LogP contribution is -2.48. The van der Waals surface area contributed by atoms with Gasteiger partial charge in [-0.15, -0.1) is 0 Å². The molecule has 1 heterocycles. The lowest BCUT2D eigenvalue weighted by molar-refractivity contribution is -0.143. The van der Waals surface area contributed by atoms with E-state index in [1.165, 1.54) is 0 Å². The molecule has 3 rings (SSSR count). The van der Waals surface area contributed by atoms with Crippen molar-refractivity contribution in [3.05, 3.63) is 53.6 Å². The molecule has 0 spiro atoms. The fourth-order valence-corrected chi connectivity index (χ4v) is 3.97. The van der Waals surface area contributed by atoms with Gasteiger partial charge in [-0.2, -0.15) is 26.3 Å². The molecule has 0 bridgehead atoms. The first kappa shape index (κ1) is 28.1. The molecule has 2 N–H and O–H groups in total. The Kier molecular flexibility index (Phi) is 8.93. The van der Waals surface area contributed by atoms with E-state index >= 15 is 0 Å². The van der Waals surface area contributed by atoms with Crippen molar-refractivity contribution in [1.29, 1.82) is 0 Å². The van der Waals surface area contributed by atoms with Gasteiger partial charge in [-0.3, -0.25) is 4.79 Å². The van der Waals surface area contributed by atoms with Gasteiger partial charge in [0, 0.05) is 49.7 Å². The van der Waals surface area contributed by atoms with Crippen molar-refractivity contribution in [2.75, 3.05) is 41.7 Å². The van der Waals surface area contributed by atoms with Crippen LogP contribution in [0.15, 0.2) is 42.5 Å². The summed E-state index contributed by atoms with van der Waals surface area (Å²) in [5, 5.41) is 4.43. The number of carbonyl (C=O) groups excluding carboxylic acids is 2. The minimum Gasteiger partial charge on any atom is -0.368 e. The lowest BCUT2D eigenvalue weighted by atomic mass is 10.1. The highest BCUT2D eigenvalue weighted by Gasteiger charge is 2.37. The number of carbonyl (C=O) groups is 2. The van der Waals surface area contributed by atoms with Crippen LogP contribution in [0.25, 0.3) is 0 Å². The SMILES string of the molecule is CCCCCC(=O)N1CCN(c2ccc(NC(=O)Nc3cc(C(F)(F)F)cc(C(F)(F)F)c3)cc2)CC1. The van der Waals surface area contributed by atoms with E-state index in [0.29, 0.717) is 50.4 Å². The Morgan fingerprint density at radius 3 is 1.84 bits per heavy atom. The third kappa shape index (κ3) is 8.02. The molecule has 0 aliphatic carbocycles. The summed E-state index contributed by atoms with van der Waals surface area (Å²) in [6, 6.07) is 6.49. The third-order valence-electron chi connectivity index (χ3n) is 5.96. The number of halogens is 6. The first-order chi connectivity index (χ1) is 17.4. The maximum absolute atomic E-state index is 13.0. The van der Waals surface area contributed by atoms with Crippen molar-refractivity contribution in [3.63, 3.8) is 0 Å². The van der Waals surface area contributed by atoms with Gasteiger partial charge in [0.25, 0.3) is 0 Å². The van der Waals surface area contributed by atoms with E-state index in [4.69, 9.17) is 0 Å². The van der Waals surface area contributed by atoms with E-state index in [2.05, 4.69) is 17.1 Å². The summed E-state index contributed by atoms with van der Waals surface area (Å²) in [4.78, 5) is 28.5. The largest absolute Gasteiger partial charge is 0.416 e. The number of amides is 3. The van der Waals surface area contributed by atoms with Crippen LogP contribution in [0.5, 0.6) is 0 Å². The Bertz CT molecular complexity index is 1050. The van der Waals surface area contributed by atoms with Gasteiger partial charge >= 0.3 is 18.4 Å².